The van der Waals surface area contributed by atoms with Crippen LogP contribution in [0.1, 0.15) is 82.5 Å². The van der Waals surface area contributed by atoms with Crippen LogP contribution in [0.25, 0.3) is 0 Å². The van der Waals surface area contributed by atoms with E-state index in [1.807, 2.05) is 6.92 Å². The van der Waals surface area contributed by atoms with Crippen molar-refractivity contribution >= 4 is 21.6 Å². The van der Waals surface area contributed by atoms with E-state index in [0.717, 1.165) is 44.5 Å². The van der Waals surface area contributed by atoms with Gasteiger partial charge in [0.2, 0.25) is 0 Å². The molecule has 1 heterocycles. The summed E-state index contributed by atoms with van der Waals surface area (Å²) in [5, 5.41) is 10.2. The zero-order valence-electron chi connectivity index (χ0n) is 27.8. The minimum atomic E-state index is -4.05. The molecule has 2 aromatic rings. The fourth-order valence-corrected chi connectivity index (χ4v) is 7.52. The van der Waals surface area contributed by atoms with Gasteiger partial charge in [-0.25, -0.2) is 12.8 Å². The van der Waals surface area contributed by atoms with Crippen LogP contribution in [0, 0.1) is 17.7 Å². The first-order valence-corrected chi connectivity index (χ1v) is 18.3. The number of rotatable bonds is 9. The van der Waals surface area contributed by atoms with Gasteiger partial charge in [0.1, 0.15) is 11.6 Å². The first kappa shape index (κ1) is 36.1. The van der Waals surface area contributed by atoms with E-state index in [-0.39, 0.29) is 46.8 Å². The number of carbonyl (C=O) groups excluding carboxylic acids is 1. The normalized spacial score (nSPS) is 23.3. The topological polar surface area (TPSA) is 108 Å². The summed E-state index contributed by atoms with van der Waals surface area (Å²) in [6, 6.07) is 8.66. The average Bonchev–Trinajstić information content (AvgIpc) is 3.03. The van der Waals surface area contributed by atoms with Crippen molar-refractivity contribution in [3.8, 4) is 5.75 Å². The first-order valence-electron chi connectivity index (χ1n) is 16.8. The highest BCUT2D eigenvalue weighted by Gasteiger charge is 2.31. The number of aliphatic hydroxyl groups excluding tert-OH is 1. The number of amides is 1. The molecular weight excluding hydrogens is 609 g/mol. The maximum atomic E-state index is 14.3. The lowest BCUT2D eigenvalue weighted by molar-refractivity contribution is -0.0190. The molecule has 1 fully saturated rings. The van der Waals surface area contributed by atoms with E-state index in [1.165, 1.54) is 50.3 Å². The lowest BCUT2D eigenvalue weighted by Crippen LogP contribution is -2.47. The predicted octanol–water partition coefficient (Wildman–Crippen LogP) is 5.93. The van der Waals surface area contributed by atoms with Gasteiger partial charge in [0.05, 0.1) is 35.3 Å². The highest BCUT2D eigenvalue weighted by Crippen LogP contribution is 2.30. The Morgan fingerprint density at radius 3 is 2.41 bits per heavy atom. The third-order valence-electron chi connectivity index (χ3n) is 9.21. The number of nitrogens with zero attached hydrogens (tertiary/aromatic N) is 2. The molecule has 0 saturated heterocycles. The van der Waals surface area contributed by atoms with Crippen molar-refractivity contribution in [1.29, 1.82) is 0 Å². The third kappa shape index (κ3) is 10.1. The summed E-state index contributed by atoms with van der Waals surface area (Å²) in [6.07, 6.45) is 8.68. The number of nitrogens with one attached hydrogen (secondary N) is 1. The number of sulfonamides is 1. The summed E-state index contributed by atoms with van der Waals surface area (Å²) in [5.41, 5.74) is 0.367. The highest BCUT2D eigenvalue weighted by molar-refractivity contribution is 7.92. The summed E-state index contributed by atoms with van der Waals surface area (Å²) in [7, 11) is -1.90. The molecule has 9 nitrogen and oxygen atoms in total. The molecule has 46 heavy (non-hydrogen) atoms. The van der Waals surface area contributed by atoms with Gasteiger partial charge >= 0.3 is 0 Å². The minimum absolute atomic E-state index is 0.0434. The van der Waals surface area contributed by atoms with Crippen LogP contribution in [0.15, 0.2) is 47.4 Å². The van der Waals surface area contributed by atoms with Crippen LogP contribution in [0.3, 0.4) is 0 Å². The van der Waals surface area contributed by atoms with Crippen LogP contribution in [-0.4, -0.2) is 87.4 Å². The number of anilines is 1. The smallest absolute Gasteiger partial charge is 0.261 e. The fraction of sp³-hybridized carbons (Fsp3) is 0.629. The van der Waals surface area contributed by atoms with Gasteiger partial charge in [-0.05, 0) is 101 Å². The van der Waals surface area contributed by atoms with Gasteiger partial charge in [0.25, 0.3) is 15.9 Å². The summed E-state index contributed by atoms with van der Waals surface area (Å²) < 4.78 is 54.9. The van der Waals surface area contributed by atoms with E-state index < -0.39 is 21.9 Å². The molecule has 4 atom stereocenters. The van der Waals surface area contributed by atoms with Crippen LogP contribution < -0.4 is 9.46 Å². The highest BCUT2D eigenvalue weighted by atomic mass is 32.2. The molecule has 11 heteroatoms. The number of fused-ring (bicyclic) bond motifs is 1. The van der Waals surface area contributed by atoms with E-state index in [2.05, 4.69) is 23.6 Å². The van der Waals surface area contributed by atoms with Crippen molar-refractivity contribution in [3.63, 3.8) is 0 Å². The number of aliphatic hydroxyl groups is 1. The van der Waals surface area contributed by atoms with Crippen LogP contribution >= 0.6 is 0 Å². The SMILES string of the molecule is C[C@@H]1CCCCO[C@H](CN(C)CC2CCCCC2)[C@H](C)CN([C@H](C)CO)C(=O)c2cc(NS(=O)(=O)c3ccc(F)cc3)ccc2O1. The van der Waals surface area contributed by atoms with Gasteiger partial charge in [-0.15, -0.1) is 0 Å². The van der Waals surface area contributed by atoms with Gasteiger partial charge in [0, 0.05) is 37.8 Å². The number of ether oxygens (including phenoxy) is 2. The lowest BCUT2D eigenvalue weighted by Gasteiger charge is -2.36. The molecule has 1 saturated carbocycles. The Morgan fingerprint density at radius 1 is 1.02 bits per heavy atom. The molecule has 1 aliphatic heterocycles. The number of halogens is 1. The number of hydrogen-bond acceptors (Lipinski definition) is 7. The zero-order valence-corrected chi connectivity index (χ0v) is 28.6. The zero-order chi connectivity index (χ0) is 33.3. The molecule has 4 rings (SSSR count). The molecule has 256 valence electrons. The van der Waals surface area contributed by atoms with E-state index >= 15 is 0 Å². The maximum absolute atomic E-state index is 14.3. The van der Waals surface area contributed by atoms with Crippen molar-refractivity contribution in [2.45, 2.75) is 95.3 Å². The largest absolute Gasteiger partial charge is 0.490 e. The Morgan fingerprint density at radius 2 is 1.72 bits per heavy atom. The average molecular weight is 662 g/mol. The second kappa shape index (κ2) is 16.9. The van der Waals surface area contributed by atoms with Gasteiger partial charge in [-0.1, -0.05) is 26.2 Å². The van der Waals surface area contributed by atoms with Crippen LogP contribution in [0.4, 0.5) is 10.1 Å². The monoisotopic (exact) mass is 661 g/mol. The molecule has 0 bridgehead atoms. The van der Waals surface area contributed by atoms with Gasteiger partial charge < -0.3 is 24.4 Å². The molecule has 2 N–H and O–H groups in total. The Hall–Kier alpha value is -2.73. The first-order chi connectivity index (χ1) is 22.0. The van der Waals surface area contributed by atoms with E-state index in [4.69, 9.17) is 9.47 Å². The molecular formula is C35H52FN3O6S. The summed E-state index contributed by atoms with van der Waals surface area (Å²) >= 11 is 0. The van der Waals surface area contributed by atoms with Crippen molar-refractivity contribution < 1.29 is 32.2 Å². The van der Waals surface area contributed by atoms with E-state index in [0.29, 0.717) is 24.8 Å². The van der Waals surface area contributed by atoms with Gasteiger partial charge in [-0.2, -0.15) is 0 Å². The summed E-state index contributed by atoms with van der Waals surface area (Å²) in [6.45, 7) is 8.32. The van der Waals surface area contributed by atoms with Crippen molar-refractivity contribution in [2.24, 2.45) is 11.8 Å². The van der Waals surface area contributed by atoms with Crippen LogP contribution in [-0.2, 0) is 14.8 Å². The Bertz CT molecular complexity index is 1370. The quantitative estimate of drug-likeness (QED) is 0.343. The number of likely N-dealkylation sites (N-methyl/N-ethyl adjacent to an activating group) is 1. The molecule has 0 spiro atoms. The molecule has 0 radical (unpaired) electrons. The molecule has 2 aliphatic rings. The van der Waals surface area contributed by atoms with Crippen LogP contribution in [0.2, 0.25) is 0 Å². The molecule has 2 aromatic carbocycles. The van der Waals surface area contributed by atoms with Gasteiger partial charge in [-0.3, -0.25) is 9.52 Å². The standard InChI is InChI=1S/C35H52FN3O6S/c1-25-21-39(26(2)24-40)35(41)32-20-30(37-46(42,43)31-16-13-29(36)14-17-31)15-18-33(32)45-27(3)10-8-9-19-44-34(25)23-38(4)22-28-11-6-5-7-12-28/h13-18,20,25-28,34,37,40H,5-12,19,21-24H2,1-4H3/t25-,26-,27-,34-/m1/s1. The number of benzene rings is 2. The second-order valence-electron chi connectivity index (χ2n) is 13.3. The molecule has 1 aliphatic carbocycles. The molecule has 1 amide bonds. The fourth-order valence-electron chi connectivity index (χ4n) is 6.47. The number of carbonyl (C=O) groups is 1. The van der Waals surface area contributed by atoms with Crippen molar-refractivity contribution in [1.82, 2.24) is 9.80 Å². The molecule has 0 unspecified atom stereocenters. The number of hydrogen-bond donors (Lipinski definition) is 2. The Labute approximate surface area is 274 Å². The summed E-state index contributed by atoms with van der Waals surface area (Å²) in [4.78, 5) is 18.2. The third-order valence-corrected chi connectivity index (χ3v) is 10.6. The van der Waals surface area contributed by atoms with Gasteiger partial charge in [0.15, 0.2) is 0 Å². The Kier molecular flexibility index (Phi) is 13.3. The minimum Gasteiger partial charge on any atom is -0.490 e. The lowest BCUT2D eigenvalue weighted by atomic mass is 9.89. The second-order valence-corrected chi connectivity index (χ2v) is 15.0. The molecule has 0 aromatic heterocycles. The van der Waals surface area contributed by atoms with Crippen molar-refractivity contribution in [2.75, 3.05) is 44.6 Å². The predicted molar refractivity (Wildman–Crippen MR) is 178 cm³/mol. The summed E-state index contributed by atoms with van der Waals surface area (Å²) in [5.74, 6) is 0.0933. The van der Waals surface area contributed by atoms with Crippen LogP contribution in [0.5, 0.6) is 5.75 Å². The van der Waals surface area contributed by atoms with Crippen molar-refractivity contribution in [3.05, 3.63) is 53.8 Å². The van der Waals surface area contributed by atoms with E-state index in [9.17, 15) is 22.7 Å². The van der Waals surface area contributed by atoms with E-state index in [1.54, 1.807) is 24.0 Å². The Balaban J connectivity index is 1.62. The maximum Gasteiger partial charge on any atom is 0.261 e.